The Kier molecular flexibility index (Phi) is 4.14. The van der Waals surface area contributed by atoms with Crippen molar-refractivity contribution in [1.29, 1.82) is 0 Å². The second-order valence-corrected chi connectivity index (χ2v) is 5.38. The minimum Gasteiger partial charge on any atom is -0.507 e. The van der Waals surface area contributed by atoms with Crippen LogP contribution >= 0.6 is 0 Å². The molecule has 25 heavy (non-hydrogen) atoms. The van der Waals surface area contributed by atoms with Gasteiger partial charge < -0.3 is 19.7 Å². The highest BCUT2D eigenvalue weighted by Crippen LogP contribution is 2.39. The zero-order valence-electron chi connectivity index (χ0n) is 13.2. The van der Waals surface area contributed by atoms with Gasteiger partial charge in [-0.05, 0) is 30.7 Å². The quantitative estimate of drug-likeness (QED) is 0.498. The Morgan fingerprint density at radius 3 is 2.44 bits per heavy atom. The Labute approximate surface area is 142 Å². The van der Waals surface area contributed by atoms with E-state index in [2.05, 4.69) is 0 Å². The van der Waals surface area contributed by atoms with Gasteiger partial charge >= 0.3 is 11.9 Å². The lowest BCUT2D eigenvalue weighted by atomic mass is 9.91. The fourth-order valence-electron chi connectivity index (χ4n) is 2.62. The van der Waals surface area contributed by atoms with E-state index < -0.39 is 23.6 Å². The first-order valence-electron chi connectivity index (χ1n) is 7.51. The first-order valence-corrected chi connectivity index (χ1v) is 7.51. The summed E-state index contributed by atoms with van der Waals surface area (Å²) in [5.41, 5.74) is 0.853. The fourth-order valence-corrected chi connectivity index (χ4v) is 2.62. The third kappa shape index (κ3) is 2.91. The highest BCUT2D eigenvalue weighted by atomic mass is 16.5. The number of aliphatic carboxylic acids is 1. The molecule has 1 aliphatic rings. The van der Waals surface area contributed by atoms with Crippen LogP contribution < -0.4 is 9.47 Å². The van der Waals surface area contributed by atoms with Crippen LogP contribution in [0.25, 0.3) is 11.1 Å². The number of ether oxygens (including phenoxy) is 2. The monoisotopic (exact) mass is 342 g/mol. The number of phenolic OH excluding ortho intramolecular Hbond substituents is 1. The van der Waals surface area contributed by atoms with Gasteiger partial charge in [0.2, 0.25) is 5.92 Å². The van der Waals surface area contributed by atoms with E-state index in [0.717, 1.165) is 6.07 Å². The molecule has 0 fully saturated rings. The summed E-state index contributed by atoms with van der Waals surface area (Å²) in [5, 5.41) is 19.2. The summed E-state index contributed by atoms with van der Waals surface area (Å²) in [5.74, 6) is -5.21. The Morgan fingerprint density at radius 1 is 1.16 bits per heavy atom. The third-order valence-corrected chi connectivity index (χ3v) is 3.80. The number of carboxylic acid groups (broad SMARTS) is 1. The van der Waals surface area contributed by atoms with E-state index in [-0.39, 0.29) is 17.1 Å². The maximum Gasteiger partial charge on any atom is 0.333 e. The molecule has 0 radical (unpaired) electrons. The van der Waals surface area contributed by atoms with Gasteiger partial charge in [0.25, 0.3) is 0 Å². The summed E-state index contributed by atoms with van der Waals surface area (Å²) < 4.78 is 10.2. The molecule has 0 aliphatic carbocycles. The summed E-state index contributed by atoms with van der Waals surface area (Å²) in [7, 11) is 0. The van der Waals surface area contributed by atoms with Crippen molar-refractivity contribution < 1.29 is 34.1 Å². The third-order valence-electron chi connectivity index (χ3n) is 3.80. The van der Waals surface area contributed by atoms with Gasteiger partial charge in [-0.3, -0.25) is 14.4 Å². The molecule has 0 aromatic heterocycles. The Hall–Kier alpha value is -3.35. The molecule has 0 spiro atoms. The van der Waals surface area contributed by atoms with Crippen LogP contribution in [-0.4, -0.2) is 34.5 Å². The molecule has 2 N–H and O–H groups in total. The van der Waals surface area contributed by atoms with Crippen molar-refractivity contribution in [3.05, 3.63) is 42.0 Å². The number of rotatable bonds is 4. The summed E-state index contributed by atoms with van der Waals surface area (Å²) in [4.78, 5) is 35.1. The Morgan fingerprint density at radius 2 is 1.84 bits per heavy atom. The van der Waals surface area contributed by atoms with E-state index >= 15 is 0 Å². The first-order chi connectivity index (χ1) is 11.9. The maximum atomic E-state index is 12.3. The van der Waals surface area contributed by atoms with Crippen LogP contribution in [0.3, 0.4) is 0 Å². The number of carbonyl (C=O) groups is 3. The van der Waals surface area contributed by atoms with E-state index in [0.29, 0.717) is 23.5 Å². The normalized spacial score (nSPS) is 16.1. The minimum atomic E-state index is -1.90. The molecule has 1 atom stereocenters. The van der Waals surface area contributed by atoms with Gasteiger partial charge in [-0.15, -0.1) is 0 Å². The number of hydrogen-bond donors (Lipinski definition) is 2. The number of ketones is 1. The highest BCUT2D eigenvalue weighted by Gasteiger charge is 2.42. The lowest BCUT2D eigenvalue weighted by Gasteiger charge is -2.21. The molecule has 7 nitrogen and oxygen atoms in total. The second kappa shape index (κ2) is 6.27. The zero-order valence-corrected chi connectivity index (χ0v) is 13.2. The molecular formula is C18H14O7. The van der Waals surface area contributed by atoms with Gasteiger partial charge in [0.1, 0.15) is 17.2 Å². The summed E-state index contributed by atoms with van der Waals surface area (Å²) in [6, 6.07) is 9.26. The van der Waals surface area contributed by atoms with Crippen molar-refractivity contribution in [3.8, 4) is 28.4 Å². The van der Waals surface area contributed by atoms with Gasteiger partial charge in [-0.25, -0.2) is 0 Å². The number of fused-ring (bicyclic) bond motifs is 1. The van der Waals surface area contributed by atoms with Gasteiger partial charge in [-0.1, -0.05) is 12.1 Å². The molecule has 128 valence electrons. The molecule has 0 bridgehead atoms. The topological polar surface area (TPSA) is 110 Å². The SMILES string of the molecule is CCOc1ccc(-c2cc3c(cc2O)OC(=O)C(C(=O)O)C3=O)cc1. The average Bonchev–Trinajstić information content (AvgIpc) is 2.55. The highest BCUT2D eigenvalue weighted by molar-refractivity contribution is 6.24. The van der Waals surface area contributed by atoms with Crippen molar-refractivity contribution in [3.63, 3.8) is 0 Å². The molecule has 1 heterocycles. The lowest BCUT2D eigenvalue weighted by molar-refractivity contribution is -0.150. The zero-order chi connectivity index (χ0) is 18.1. The first kappa shape index (κ1) is 16.5. The molecule has 1 unspecified atom stereocenters. The number of carbonyl (C=O) groups excluding carboxylic acids is 2. The predicted molar refractivity (Wildman–Crippen MR) is 85.8 cm³/mol. The molecule has 2 aromatic carbocycles. The molecule has 0 saturated carbocycles. The molecule has 2 aromatic rings. The van der Waals surface area contributed by atoms with Crippen LogP contribution in [0, 0.1) is 5.92 Å². The van der Waals surface area contributed by atoms with Crippen LogP contribution in [0.15, 0.2) is 36.4 Å². The number of Topliss-reactive ketones (excluding diaryl/α,β-unsaturated/α-hetero) is 1. The Bertz CT molecular complexity index is 868. The lowest BCUT2D eigenvalue weighted by Crippen LogP contribution is -2.38. The fraction of sp³-hybridized carbons (Fsp3) is 0.167. The van der Waals surface area contributed by atoms with Crippen LogP contribution in [0.4, 0.5) is 0 Å². The number of esters is 1. The number of carboxylic acids is 1. The van der Waals surface area contributed by atoms with Crippen LogP contribution in [-0.2, 0) is 9.59 Å². The second-order valence-electron chi connectivity index (χ2n) is 5.38. The number of hydrogen-bond acceptors (Lipinski definition) is 6. The summed E-state index contributed by atoms with van der Waals surface area (Å²) >= 11 is 0. The van der Waals surface area contributed by atoms with Gasteiger partial charge in [-0.2, -0.15) is 0 Å². The minimum absolute atomic E-state index is 0.0614. The largest absolute Gasteiger partial charge is 0.507 e. The molecule has 7 heteroatoms. The smallest absolute Gasteiger partial charge is 0.333 e. The predicted octanol–water partition coefficient (Wildman–Crippen LogP) is 2.26. The molecule has 0 saturated heterocycles. The average molecular weight is 342 g/mol. The van der Waals surface area contributed by atoms with Crippen molar-refractivity contribution in [2.45, 2.75) is 6.92 Å². The number of phenols is 1. The standard InChI is InChI=1S/C18H14O7/c1-2-24-10-5-3-9(4-6-10)11-7-12-14(8-13(11)19)25-18(23)15(16(12)20)17(21)22/h3-8,15,19H,2H2,1H3,(H,21,22). The van der Waals surface area contributed by atoms with E-state index in [1.54, 1.807) is 24.3 Å². The van der Waals surface area contributed by atoms with E-state index in [1.807, 2.05) is 6.92 Å². The van der Waals surface area contributed by atoms with Crippen molar-refractivity contribution >= 4 is 17.7 Å². The van der Waals surface area contributed by atoms with E-state index in [1.165, 1.54) is 6.07 Å². The summed E-state index contributed by atoms with van der Waals surface area (Å²) in [6.07, 6.45) is 0. The van der Waals surface area contributed by atoms with Crippen LogP contribution in [0.1, 0.15) is 17.3 Å². The van der Waals surface area contributed by atoms with Crippen LogP contribution in [0.5, 0.6) is 17.2 Å². The maximum absolute atomic E-state index is 12.3. The van der Waals surface area contributed by atoms with Gasteiger partial charge in [0.15, 0.2) is 5.78 Å². The number of benzene rings is 2. The van der Waals surface area contributed by atoms with Gasteiger partial charge in [0.05, 0.1) is 12.2 Å². The van der Waals surface area contributed by atoms with Crippen LogP contribution in [0.2, 0.25) is 0 Å². The molecule has 3 rings (SSSR count). The van der Waals surface area contributed by atoms with E-state index in [4.69, 9.17) is 14.6 Å². The van der Waals surface area contributed by atoms with Crippen molar-refractivity contribution in [2.75, 3.05) is 6.61 Å². The Balaban J connectivity index is 2.05. The molecular weight excluding hydrogens is 328 g/mol. The molecule has 0 amide bonds. The van der Waals surface area contributed by atoms with Crippen molar-refractivity contribution in [1.82, 2.24) is 0 Å². The molecule has 1 aliphatic heterocycles. The van der Waals surface area contributed by atoms with Crippen molar-refractivity contribution in [2.24, 2.45) is 5.92 Å². The number of aromatic hydroxyl groups is 1. The van der Waals surface area contributed by atoms with Gasteiger partial charge in [0, 0.05) is 11.6 Å². The van der Waals surface area contributed by atoms with E-state index in [9.17, 15) is 19.5 Å². The summed E-state index contributed by atoms with van der Waals surface area (Å²) in [6.45, 7) is 2.37.